The van der Waals surface area contributed by atoms with E-state index in [1.165, 1.54) is 75.1 Å². The summed E-state index contributed by atoms with van der Waals surface area (Å²) in [5.74, 6) is 0. The van der Waals surface area contributed by atoms with Gasteiger partial charge in [-0.2, -0.15) is 0 Å². The van der Waals surface area contributed by atoms with Crippen LogP contribution in [0.4, 0.5) is 17.1 Å². The zero-order valence-corrected chi connectivity index (χ0v) is 29.2. The Kier molecular flexibility index (Phi) is 7.41. The summed E-state index contributed by atoms with van der Waals surface area (Å²) in [4.78, 5) is 2.42. The number of anilines is 3. The van der Waals surface area contributed by atoms with E-state index in [1.54, 1.807) is 0 Å². The summed E-state index contributed by atoms with van der Waals surface area (Å²) in [6, 6.07) is 73.0. The second-order valence-electron chi connectivity index (χ2n) is 13.3. The Bertz CT molecular complexity index is 2910. The second-order valence-corrected chi connectivity index (χ2v) is 14.4. The van der Waals surface area contributed by atoms with Crippen molar-refractivity contribution in [3.8, 4) is 33.4 Å². The number of nitrogens with zero attached hydrogens (tertiary/aromatic N) is 1. The van der Waals surface area contributed by atoms with Crippen LogP contribution in [0.2, 0.25) is 0 Å². The number of thiophene rings is 1. The molecule has 9 aromatic carbocycles. The van der Waals surface area contributed by atoms with E-state index in [0.717, 1.165) is 17.1 Å². The van der Waals surface area contributed by atoms with Gasteiger partial charge in [0.1, 0.15) is 0 Å². The standard InChI is InChI=1S/C50H33NS/c1-2-14-37-32-39(27-26-34(37)12-1)38-16-9-17-41(33-38)51(48-24-7-5-19-45(48)44-22-10-15-35-13-3-4-18-42(35)44)40-30-28-36(29-31-40)43-21-11-23-47-46-20-6-8-25-49(46)52-50(43)47/h1-33H. The molecule has 0 atom stereocenters. The molecule has 52 heavy (non-hydrogen) atoms. The van der Waals surface area contributed by atoms with Gasteiger partial charge in [-0.25, -0.2) is 0 Å². The van der Waals surface area contributed by atoms with E-state index in [1.807, 2.05) is 11.3 Å². The van der Waals surface area contributed by atoms with E-state index in [4.69, 9.17) is 0 Å². The van der Waals surface area contributed by atoms with Crippen LogP contribution in [-0.4, -0.2) is 0 Å². The SMILES string of the molecule is c1cc(-c2ccc3ccccc3c2)cc(N(c2ccc(-c3cccc4c3sc3ccccc34)cc2)c2ccccc2-c2cccc3ccccc23)c1. The van der Waals surface area contributed by atoms with Crippen molar-refractivity contribution in [3.63, 3.8) is 0 Å². The van der Waals surface area contributed by atoms with E-state index in [2.05, 4.69) is 205 Å². The first-order valence-electron chi connectivity index (χ1n) is 17.8. The molecule has 0 radical (unpaired) electrons. The van der Waals surface area contributed by atoms with Crippen molar-refractivity contribution >= 4 is 70.1 Å². The summed E-state index contributed by atoms with van der Waals surface area (Å²) in [7, 11) is 0. The van der Waals surface area contributed by atoms with Gasteiger partial charge in [-0.15, -0.1) is 11.3 Å². The second kappa shape index (κ2) is 12.7. The molecule has 1 aromatic heterocycles. The van der Waals surface area contributed by atoms with Crippen LogP contribution in [0, 0.1) is 0 Å². The van der Waals surface area contributed by atoms with Gasteiger partial charge in [-0.3, -0.25) is 0 Å². The average Bonchev–Trinajstić information content (AvgIpc) is 3.60. The van der Waals surface area contributed by atoms with Gasteiger partial charge >= 0.3 is 0 Å². The maximum Gasteiger partial charge on any atom is 0.0540 e. The van der Waals surface area contributed by atoms with Crippen LogP contribution in [0.3, 0.4) is 0 Å². The summed E-state index contributed by atoms with van der Waals surface area (Å²) in [6.07, 6.45) is 0. The summed E-state index contributed by atoms with van der Waals surface area (Å²) >= 11 is 1.88. The molecule has 0 bridgehead atoms. The highest BCUT2D eigenvalue weighted by Crippen LogP contribution is 2.45. The highest BCUT2D eigenvalue weighted by Gasteiger charge is 2.19. The lowest BCUT2D eigenvalue weighted by atomic mass is 9.95. The van der Waals surface area contributed by atoms with Crippen LogP contribution in [-0.2, 0) is 0 Å². The van der Waals surface area contributed by atoms with Gasteiger partial charge in [-0.1, -0.05) is 158 Å². The van der Waals surface area contributed by atoms with Crippen LogP contribution in [0.25, 0.3) is 75.1 Å². The van der Waals surface area contributed by atoms with Gasteiger partial charge in [0.2, 0.25) is 0 Å². The summed E-state index contributed by atoms with van der Waals surface area (Å²) in [6.45, 7) is 0. The summed E-state index contributed by atoms with van der Waals surface area (Å²) in [5, 5.41) is 7.61. The Balaban J connectivity index is 1.14. The number of hydrogen-bond donors (Lipinski definition) is 0. The maximum absolute atomic E-state index is 2.42. The fraction of sp³-hybridized carbons (Fsp3) is 0. The fourth-order valence-corrected chi connectivity index (χ4v) is 8.98. The van der Waals surface area contributed by atoms with E-state index in [9.17, 15) is 0 Å². The molecule has 0 saturated heterocycles. The first kappa shape index (κ1) is 30.4. The molecule has 0 spiro atoms. The smallest absolute Gasteiger partial charge is 0.0540 e. The van der Waals surface area contributed by atoms with Crippen molar-refractivity contribution in [2.24, 2.45) is 0 Å². The van der Waals surface area contributed by atoms with Gasteiger partial charge in [0.15, 0.2) is 0 Å². The Morgan fingerprint density at radius 3 is 1.85 bits per heavy atom. The van der Waals surface area contributed by atoms with E-state index in [-0.39, 0.29) is 0 Å². The lowest BCUT2D eigenvalue weighted by molar-refractivity contribution is 1.28. The van der Waals surface area contributed by atoms with Crippen molar-refractivity contribution < 1.29 is 0 Å². The van der Waals surface area contributed by atoms with Gasteiger partial charge < -0.3 is 4.90 Å². The normalized spacial score (nSPS) is 11.5. The Morgan fingerprint density at radius 1 is 0.327 bits per heavy atom. The monoisotopic (exact) mass is 679 g/mol. The molecule has 0 N–H and O–H groups in total. The van der Waals surface area contributed by atoms with E-state index >= 15 is 0 Å². The molecule has 0 amide bonds. The minimum absolute atomic E-state index is 1.11. The summed E-state index contributed by atoms with van der Waals surface area (Å²) < 4.78 is 2.65. The molecule has 10 aromatic rings. The van der Waals surface area contributed by atoms with Crippen LogP contribution in [0.15, 0.2) is 200 Å². The summed E-state index contributed by atoms with van der Waals surface area (Å²) in [5.41, 5.74) is 10.6. The van der Waals surface area contributed by atoms with Crippen molar-refractivity contribution in [1.82, 2.24) is 0 Å². The van der Waals surface area contributed by atoms with Crippen molar-refractivity contribution in [1.29, 1.82) is 0 Å². The fourth-order valence-electron chi connectivity index (χ4n) is 7.74. The molecule has 1 nitrogen and oxygen atoms in total. The van der Waals surface area contributed by atoms with Crippen LogP contribution >= 0.6 is 11.3 Å². The maximum atomic E-state index is 2.42. The van der Waals surface area contributed by atoms with Gasteiger partial charge in [0.05, 0.1) is 5.69 Å². The molecule has 1 heterocycles. The molecule has 0 aliphatic rings. The van der Waals surface area contributed by atoms with Crippen molar-refractivity contribution in [2.45, 2.75) is 0 Å². The lowest BCUT2D eigenvalue weighted by Gasteiger charge is -2.29. The Labute approximate surface area is 307 Å². The number of para-hydroxylation sites is 1. The van der Waals surface area contributed by atoms with Crippen LogP contribution in [0.5, 0.6) is 0 Å². The zero-order chi connectivity index (χ0) is 34.4. The Morgan fingerprint density at radius 2 is 0.942 bits per heavy atom. The predicted molar refractivity (Wildman–Crippen MR) is 225 cm³/mol. The molecular formula is C50H33NS. The third-order valence-corrected chi connectivity index (χ3v) is 11.5. The minimum Gasteiger partial charge on any atom is -0.310 e. The first-order chi connectivity index (χ1) is 25.8. The van der Waals surface area contributed by atoms with Gasteiger partial charge in [0, 0.05) is 37.1 Å². The first-order valence-corrected chi connectivity index (χ1v) is 18.6. The molecule has 0 saturated carbocycles. The van der Waals surface area contributed by atoms with Crippen LogP contribution in [0.1, 0.15) is 0 Å². The highest BCUT2D eigenvalue weighted by atomic mass is 32.1. The number of rotatable bonds is 6. The molecule has 10 rings (SSSR count). The van der Waals surface area contributed by atoms with Crippen LogP contribution < -0.4 is 4.90 Å². The molecule has 0 unspecified atom stereocenters. The molecule has 244 valence electrons. The van der Waals surface area contributed by atoms with Crippen molar-refractivity contribution in [3.05, 3.63) is 200 Å². The largest absolute Gasteiger partial charge is 0.310 e. The molecule has 0 aliphatic carbocycles. The lowest BCUT2D eigenvalue weighted by Crippen LogP contribution is -2.11. The number of benzene rings is 9. The number of hydrogen-bond acceptors (Lipinski definition) is 2. The predicted octanol–water partition coefficient (Wildman–Crippen LogP) is 14.8. The minimum atomic E-state index is 1.11. The molecule has 0 fully saturated rings. The Hall–Kier alpha value is -6.48. The third kappa shape index (κ3) is 5.24. The third-order valence-electron chi connectivity index (χ3n) is 10.3. The molecule has 2 heteroatoms. The van der Waals surface area contributed by atoms with Gasteiger partial charge in [0.25, 0.3) is 0 Å². The molecular weight excluding hydrogens is 647 g/mol. The zero-order valence-electron chi connectivity index (χ0n) is 28.4. The van der Waals surface area contributed by atoms with E-state index < -0.39 is 0 Å². The molecule has 0 aliphatic heterocycles. The van der Waals surface area contributed by atoms with Gasteiger partial charge in [-0.05, 0) is 91.8 Å². The highest BCUT2D eigenvalue weighted by molar-refractivity contribution is 7.26. The average molecular weight is 680 g/mol. The van der Waals surface area contributed by atoms with Crippen molar-refractivity contribution in [2.75, 3.05) is 4.90 Å². The number of fused-ring (bicyclic) bond motifs is 5. The quantitative estimate of drug-likeness (QED) is 0.169. The topological polar surface area (TPSA) is 3.24 Å². The van der Waals surface area contributed by atoms with E-state index in [0.29, 0.717) is 0 Å².